The van der Waals surface area contributed by atoms with E-state index in [1.165, 1.54) is 0 Å². The Morgan fingerprint density at radius 2 is 2.10 bits per heavy atom. The number of carbonyl (C=O) groups is 1. The Kier molecular flexibility index (Phi) is 3.47. The summed E-state index contributed by atoms with van der Waals surface area (Å²) in [5, 5.41) is 16.2. The smallest absolute Gasteiger partial charge is 0.323 e. The first kappa shape index (κ1) is 13.8. The summed E-state index contributed by atoms with van der Waals surface area (Å²) < 4.78 is 5.22. The highest BCUT2D eigenvalue weighted by Crippen LogP contribution is 2.32. The van der Waals surface area contributed by atoms with Gasteiger partial charge in [-0.2, -0.15) is 4.98 Å². The second kappa shape index (κ2) is 5.29. The van der Waals surface area contributed by atoms with Gasteiger partial charge >= 0.3 is 5.97 Å². The minimum absolute atomic E-state index is 0.293. The van der Waals surface area contributed by atoms with Crippen LogP contribution in [-0.4, -0.2) is 26.8 Å². The van der Waals surface area contributed by atoms with Crippen LogP contribution in [0.15, 0.2) is 28.8 Å². The molecule has 1 aromatic carbocycles. The van der Waals surface area contributed by atoms with Gasteiger partial charge in [-0.05, 0) is 38.3 Å². The van der Waals surface area contributed by atoms with E-state index in [-0.39, 0.29) is 0 Å². The number of rotatable bonds is 5. The summed E-state index contributed by atoms with van der Waals surface area (Å²) in [7, 11) is 0. The van der Waals surface area contributed by atoms with E-state index < -0.39 is 11.5 Å². The molecular weight excluding hydrogens is 270 g/mol. The van der Waals surface area contributed by atoms with Crippen LogP contribution in [0.1, 0.15) is 30.7 Å². The summed E-state index contributed by atoms with van der Waals surface area (Å²) in [4.78, 5) is 15.6. The lowest BCUT2D eigenvalue weighted by Gasteiger charge is -2.38. The van der Waals surface area contributed by atoms with E-state index in [0.717, 1.165) is 17.5 Å². The average molecular weight is 287 g/mol. The molecule has 0 radical (unpaired) electrons. The summed E-state index contributed by atoms with van der Waals surface area (Å²) in [6.07, 6.45) is 2.22. The maximum atomic E-state index is 11.3. The number of aliphatic carboxylic acids is 1. The molecule has 2 N–H and O–H groups in total. The molecule has 1 aliphatic rings. The van der Waals surface area contributed by atoms with Crippen molar-refractivity contribution in [1.82, 2.24) is 15.5 Å². The monoisotopic (exact) mass is 287 g/mol. The number of aromatic nitrogens is 2. The minimum atomic E-state index is -0.815. The van der Waals surface area contributed by atoms with Crippen LogP contribution in [0.3, 0.4) is 0 Å². The minimum Gasteiger partial charge on any atom is -0.480 e. The van der Waals surface area contributed by atoms with Gasteiger partial charge in [-0.25, -0.2) is 0 Å². The molecule has 0 bridgehead atoms. The van der Waals surface area contributed by atoms with Crippen molar-refractivity contribution in [2.24, 2.45) is 0 Å². The van der Waals surface area contributed by atoms with Crippen molar-refractivity contribution in [2.75, 3.05) is 0 Å². The predicted molar refractivity (Wildman–Crippen MR) is 75.5 cm³/mol. The van der Waals surface area contributed by atoms with Crippen molar-refractivity contribution in [1.29, 1.82) is 0 Å². The highest BCUT2D eigenvalue weighted by Gasteiger charge is 2.44. The first-order chi connectivity index (χ1) is 10.1. The van der Waals surface area contributed by atoms with E-state index in [4.69, 9.17) is 4.52 Å². The number of hydrogen-bond donors (Lipinski definition) is 2. The van der Waals surface area contributed by atoms with Gasteiger partial charge in [-0.1, -0.05) is 22.9 Å². The summed E-state index contributed by atoms with van der Waals surface area (Å²) in [5.74, 6) is 0.110. The van der Waals surface area contributed by atoms with Gasteiger partial charge < -0.3 is 9.63 Å². The molecule has 1 fully saturated rings. The highest BCUT2D eigenvalue weighted by molar-refractivity contribution is 5.79. The van der Waals surface area contributed by atoms with Crippen molar-refractivity contribution in [3.05, 3.63) is 35.7 Å². The maximum absolute atomic E-state index is 11.3. The molecule has 0 unspecified atom stereocenters. The molecule has 0 saturated heterocycles. The van der Waals surface area contributed by atoms with Crippen molar-refractivity contribution < 1.29 is 14.4 Å². The Morgan fingerprint density at radius 3 is 2.67 bits per heavy atom. The Bertz CT molecular complexity index is 644. The van der Waals surface area contributed by atoms with Crippen LogP contribution in [0.5, 0.6) is 0 Å². The van der Waals surface area contributed by atoms with Crippen LogP contribution in [0.2, 0.25) is 0 Å². The number of benzene rings is 1. The van der Waals surface area contributed by atoms with Crippen LogP contribution in [-0.2, 0) is 11.3 Å². The van der Waals surface area contributed by atoms with Gasteiger partial charge in [0.2, 0.25) is 0 Å². The maximum Gasteiger partial charge on any atom is 0.323 e. The molecule has 1 aliphatic carbocycles. The Balaban J connectivity index is 1.68. The van der Waals surface area contributed by atoms with Gasteiger partial charge in [-0.15, -0.1) is 0 Å². The van der Waals surface area contributed by atoms with Crippen LogP contribution in [0.25, 0.3) is 11.5 Å². The van der Waals surface area contributed by atoms with E-state index in [9.17, 15) is 9.90 Å². The van der Waals surface area contributed by atoms with Gasteiger partial charge in [-0.3, -0.25) is 10.1 Å². The van der Waals surface area contributed by atoms with Gasteiger partial charge in [0.25, 0.3) is 5.89 Å². The van der Waals surface area contributed by atoms with Crippen molar-refractivity contribution >= 4 is 5.97 Å². The first-order valence-electron chi connectivity index (χ1n) is 6.97. The van der Waals surface area contributed by atoms with Gasteiger partial charge in [0.1, 0.15) is 5.54 Å². The van der Waals surface area contributed by atoms with Gasteiger partial charge in [0.05, 0.1) is 6.54 Å². The van der Waals surface area contributed by atoms with Crippen LogP contribution >= 0.6 is 0 Å². The third-order valence-corrected chi connectivity index (χ3v) is 3.97. The summed E-state index contributed by atoms with van der Waals surface area (Å²) >= 11 is 0. The zero-order valence-corrected chi connectivity index (χ0v) is 11.8. The molecule has 0 aliphatic heterocycles. The lowest BCUT2D eigenvalue weighted by Crippen LogP contribution is -2.56. The molecule has 0 amide bonds. The van der Waals surface area contributed by atoms with Gasteiger partial charge in [0, 0.05) is 5.56 Å². The Labute approximate surface area is 122 Å². The zero-order chi connectivity index (χ0) is 14.9. The summed E-state index contributed by atoms with van der Waals surface area (Å²) in [6.45, 7) is 2.30. The molecule has 6 heteroatoms. The number of aryl methyl sites for hydroxylation is 1. The van der Waals surface area contributed by atoms with E-state index in [0.29, 0.717) is 31.1 Å². The van der Waals surface area contributed by atoms with E-state index >= 15 is 0 Å². The molecule has 1 aromatic heterocycles. The number of carboxylic acid groups (broad SMARTS) is 1. The molecule has 0 atom stereocenters. The van der Waals surface area contributed by atoms with Crippen molar-refractivity contribution in [2.45, 2.75) is 38.3 Å². The largest absolute Gasteiger partial charge is 0.480 e. The molecule has 0 spiro atoms. The number of carboxylic acids is 1. The third kappa shape index (κ3) is 2.67. The SMILES string of the molecule is Cc1ccc(-c2nc(CNC3(C(=O)O)CCC3)no2)cc1. The molecular formula is C15H17N3O3. The van der Waals surface area contributed by atoms with Crippen molar-refractivity contribution in [3.8, 4) is 11.5 Å². The van der Waals surface area contributed by atoms with E-state index in [2.05, 4.69) is 15.5 Å². The van der Waals surface area contributed by atoms with Gasteiger partial charge in [0.15, 0.2) is 5.82 Å². The Hall–Kier alpha value is -2.21. The first-order valence-corrected chi connectivity index (χ1v) is 6.97. The fraction of sp³-hybridized carbons (Fsp3) is 0.400. The molecule has 6 nitrogen and oxygen atoms in total. The van der Waals surface area contributed by atoms with Crippen molar-refractivity contribution in [3.63, 3.8) is 0 Å². The van der Waals surface area contributed by atoms with E-state index in [1.807, 2.05) is 31.2 Å². The molecule has 3 rings (SSSR count). The molecule has 21 heavy (non-hydrogen) atoms. The second-order valence-corrected chi connectivity index (χ2v) is 5.48. The molecule has 1 heterocycles. The quantitative estimate of drug-likeness (QED) is 0.876. The normalized spacial score (nSPS) is 16.4. The Morgan fingerprint density at radius 1 is 1.38 bits per heavy atom. The second-order valence-electron chi connectivity index (χ2n) is 5.48. The lowest BCUT2D eigenvalue weighted by molar-refractivity contribution is -0.148. The van der Waals surface area contributed by atoms with E-state index in [1.54, 1.807) is 0 Å². The molecule has 2 aromatic rings. The fourth-order valence-corrected chi connectivity index (χ4v) is 2.38. The molecule has 1 saturated carbocycles. The molecule has 110 valence electrons. The number of nitrogens with one attached hydrogen (secondary N) is 1. The number of nitrogens with zero attached hydrogens (tertiary/aromatic N) is 2. The topological polar surface area (TPSA) is 88.2 Å². The summed E-state index contributed by atoms with van der Waals surface area (Å²) in [5.41, 5.74) is 1.20. The highest BCUT2D eigenvalue weighted by atomic mass is 16.5. The fourth-order valence-electron chi connectivity index (χ4n) is 2.38. The summed E-state index contributed by atoms with van der Waals surface area (Å²) in [6, 6.07) is 7.80. The van der Waals surface area contributed by atoms with Crippen LogP contribution < -0.4 is 5.32 Å². The van der Waals surface area contributed by atoms with Crippen LogP contribution in [0.4, 0.5) is 0 Å². The standard InChI is InChI=1S/C15H17N3O3/c1-10-3-5-11(6-4-10)13-17-12(18-21-13)9-16-15(14(19)20)7-2-8-15/h3-6,16H,2,7-9H2,1H3,(H,19,20). The lowest BCUT2D eigenvalue weighted by atomic mass is 9.77. The predicted octanol–water partition coefficient (Wildman–Crippen LogP) is 2.14. The van der Waals surface area contributed by atoms with Crippen LogP contribution in [0, 0.1) is 6.92 Å². The average Bonchev–Trinajstić information content (AvgIpc) is 2.87. The number of hydrogen-bond acceptors (Lipinski definition) is 5. The third-order valence-electron chi connectivity index (χ3n) is 3.97. The zero-order valence-electron chi connectivity index (χ0n) is 11.8.